The molecule has 106 valence electrons. The molecule has 0 saturated carbocycles. The van der Waals surface area contributed by atoms with Crippen molar-refractivity contribution in [2.75, 3.05) is 26.2 Å². The van der Waals surface area contributed by atoms with E-state index in [9.17, 15) is 10.0 Å². The molecule has 0 unspecified atom stereocenters. The fourth-order valence-corrected chi connectivity index (χ4v) is 2.75. The van der Waals surface area contributed by atoms with E-state index in [0.29, 0.717) is 5.46 Å². The number of nitrogens with zero attached hydrogens (tertiary/aromatic N) is 1. The Bertz CT molecular complexity index is 532. The molecule has 5 heteroatoms. The molecule has 1 saturated heterocycles. The smallest absolute Gasteiger partial charge is 0.423 e. The molecule has 0 radical (unpaired) electrons. The molecule has 0 spiro atoms. The van der Waals surface area contributed by atoms with Crippen LogP contribution in [-0.2, 0) is 6.54 Å². The van der Waals surface area contributed by atoms with Crippen LogP contribution in [0.5, 0.6) is 0 Å². The monoisotopic (exact) mass is 272 g/mol. The van der Waals surface area contributed by atoms with Crippen LogP contribution in [0, 0.1) is 26.2 Å². The molecule has 0 atom stereocenters. The second-order valence-electron chi connectivity index (χ2n) is 5.29. The summed E-state index contributed by atoms with van der Waals surface area (Å²) >= 11 is 0. The van der Waals surface area contributed by atoms with Crippen molar-refractivity contribution in [3.05, 3.63) is 28.3 Å². The van der Waals surface area contributed by atoms with Gasteiger partial charge in [-0.25, -0.2) is 0 Å². The molecular weight excluding hydrogens is 251 g/mol. The van der Waals surface area contributed by atoms with Gasteiger partial charge in [-0.2, -0.15) is 0 Å². The minimum Gasteiger partial charge on any atom is -0.423 e. The summed E-state index contributed by atoms with van der Waals surface area (Å²) < 4.78 is 0. The van der Waals surface area contributed by atoms with Crippen LogP contribution in [0.15, 0.2) is 6.07 Å². The van der Waals surface area contributed by atoms with Crippen LogP contribution in [0.25, 0.3) is 0 Å². The molecule has 3 N–H and O–H groups in total. The number of piperazine rings is 1. The lowest BCUT2D eigenvalue weighted by atomic mass is 9.74. The molecule has 20 heavy (non-hydrogen) atoms. The average molecular weight is 272 g/mol. The third-order valence-electron chi connectivity index (χ3n) is 4.02. The summed E-state index contributed by atoms with van der Waals surface area (Å²) in [5, 5.41) is 22.3. The maximum absolute atomic E-state index is 9.51. The van der Waals surface area contributed by atoms with Crippen molar-refractivity contribution in [3.63, 3.8) is 0 Å². The van der Waals surface area contributed by atoms with Crippen molar-refractivity contribution < 1.29 is 10.0 Å². The minimum atomic E-state index is -1.48. The van der Waals surface area contributed by atoms with E-state index in [1.165, 1.54) is 0 Å². The van der Waals surface area contributed by atoms with E-state index in [1.54, 1.807) is 0 Å². The molecule has 0 aliphatic carbocycles. The summed E-state index contributed by atoms with van der Waals surface area (Å²) in [6, 6.07) is 1.87. The van der Waals surface area contributed by atoms with Crippen molar-refractivity contribution >= 4 is 12.6 Å². The van der Waals surface area contributed by atoms with Gasteiger partial charge in [-0.3, -0.25) is 4.90 Å². The van der Waals surface area contributed by atoms with Gasteiger partial charge in [0.15, 0.2) is 0 Å². The minimum absolute atomic E-state index is 0.508. The Kier molecular flexibility index (Phi) is 4.84. The number of hydrogen-bond acceptors (Lipinski definition) is 4. The Morgan fingerprint density at radius 1 is 1.30 bits per heavy atom. The van der Waals surface area contributed by atoms with E-state index in [4.69, 9.17) is 6.42 Å². The Labute approximate surface area is 121 Å². The average Bonchev–Trinajstić information content (AvgIpc) is 2.43. The molecule has 1 aromatic carbocycles. The van der Waals surface area contributed by atoms with Crippen molar-refractivity contribution in [3.8, 4) is 12.3 Å². The Morgan fingerprint density at radius 2 is 1.95 bits per heavy atom. The zero-order valence-electron chi connectivity index (χ0n) is 12.1. The molecule has 1 aliphatic rings. The van der Waals surface area contributed by atoms with Gasteiger partial charge in [0, 0.05) is 38.3 Å². The molecule has 4 nitrogen and oxygen atoms in total. The van der Waals surface area contributed by atoms with Crippen LogP contribution in [0.3, 0.4) is 0 Å². The van der Waals surface area contributed by atoms with Crippen LogP contribution in [-0.4, -0.2) is 48.2 Å². The molecule has 0 amide bonds. The normalized spacial score (nSPS) is 15.9. The number of nitrogens with one attached hydrogen (secondary N) is 1. The van der Waals surface area contributed by atoms with E-state index < -0.39 is 7.12 Å². The van der Waals surface area contributed by atoms with Gasteiger partial charge in [0.05, 0.1) is 0 Å². The highest BCUT2D eigenvalue weighted by Crippen LogP contribution is 2.18. The molecule has 2 rings (SSSR count). The lowest BCUT2D eigenvalue weighted by Crippen LogP contribution is -2.43. The Morgan fingerprint density at radius 3 is 2.50 bits per heavy atom. The fraction of sp³-hybridized carbons (Fsp3) is 0.467. The fourth-order valence-electron chi connectivity index (χ4n) is 2.75. The maximum atomic E-state index is 9.51. The van der Waals surface area contributed by atoms with Crippen molar-refractivity contribution in [2.24, 2.45) is 0 Å². The molecular formula is C15H21BN2O2. The summed E-state index contributed by atoms with van der Waals surface area (Å²) in [7, 11) is -1.48. The number of terminal acetylenes is 1. The third-order valence-corrected chi connectivity index (χ3v) is 4.02. The molecule has 0 bridgehead atoms. The van der Waals surface area contributed by atoms with Crippen LogP contribution in [0.2, 0.25) is 0 Å². The Hall–Kier alpha value is -1.32. The Balaban J connectivity index is 2.36. The standard InChI is InChI=1S/C15H21BN2O2/c1-4-14-11(2)13(9-15(12(14)3)16(19)20)10-18-7-5-17-6-8-18/h1,9,17,19-20H,5-8,10H2,2-3H3. The van der Waals surface area contributed by atoms with Gasteiger partial charge in [0.2, 0.25) is 0 Å². The highest BCUT2D eigenvalue weighted by Gasteiger charge is 2.21. The van der Waals surface area contributed by atoms with Gasteiger partial charge in [0.25, 0.3) is 0 Å². The van der Waals surface area contributed by atoms with Crippen LogP contribution in [0.4, 0.5) is 0 Å². The van der Waals surface area contributed by atoms with E-state index in [1.807, 2.05) is 19.9 Å². The van der Waals surface area contributed by atoms with E-state index in [2.05, 4.69) is 16.1 Å². The van der Waals surface area contributed by atoms with E-state index >= 15 is 0 Å². The molecule has 1 fully saturated rings. The zero-order chi connectivity index (χ0) is 14.7. The summed E-state index contributed by atoms with van der Waals surface area (Å²) in [6.45, 7) is 8.61. The van der Waals surface area contributed by atoms with Crippen molar-refractivity contribution in [1.82, 2.24) is 10.2 Å². The quantitative estimate of drug-likeness (QED) is 0.506. The topological polar surface area (TPSA) is 55.7 Å². The lowest BCUT2D eigenvalue weighted by Gasteiger charge is -2.28. The first-order valence-corrected chi connectivity index (χ1v) is 6.93. The third kappa shape index (κ3) is 3.05. The first-order chi connectivity index (χ1) is 9.54. The van der Waals surface area contributed by atoms with E-state index in [0.717, 1.165) is 55.0 Å². The second-order valence-corrected chi connectivity index (χ2v) is 5.29. The predicted octanol–water partition coefficient (Wildman–Crippen LogP) is -0.630. The van der Waals surface area contributed by atoms with Gasteiger partial charge >= 0.3 is 7.12 Å². The number of rotatable bonds is 3. The molecule has 1 aromatic rings. The summed E-state index contributed by atoms with van der Waals surface area (Å²) in [5.41, 5.74) is 4.21. The predicted molar refractivity (Wildman–Crippen MR) is 81.8 cm³/mol. The zero-order valence-corrected chi connectivity index (χ0v) is 12.1. The van der Waals surface area contributed by atoms with Crippen LogP contribution < -0.4 is 10.8 Å². The highest BCUT2D eigenvalue weighted by molar-refractivity contribution is 6.59. The highest BCUT2D eigenvalue weighted by atomic mass is 16.4. The van der Waals surface area contributed by atoms with Crippen molar-refractivity contribution in [2.45, 2.75) is 20.4 Å². The van der Waals surface area contributed by atoms with Crippen LogP contribution in [0.1, 0.15) is 22.3 Å². The maximum Gasteiger partial charge on any atom is 0.488 e. The van der Waals surface area contributed by atoms with Gasteiger partial charge in [0.1, 0.15) is 0 Å². The SMILES string of the molecule is C#Cc1c(C)c(CN2CCNCC2)cc(B(O)O)c1C. The lowest BCUT2D eigenvalue weighted by molar-refractivity contribution is 0.233. The van der Waals surface area contributed by atoms with Crippen LogP contribution >= 0.6 is 0 Å². The van der Waals surface area contributed by atoms with E-state index in [-0.39, 0.29) is 0 Å². The summed E-state index contributed by atoms with van der Waals surface area (Å²) in [6.07, 6.45) is 5.59. The molecule has 0 aromatic heterocycles. The first-order valence-electron chi connectivity index (χ1n) is 6.93. The van der Waals surface area contributed by atoms with Crippen molar-refractivity contribution in [1.29, 1.82) is 0 Å². The van der Waals surface area contributed by atoms with Gasteiger partial charge in [-0.1, -0.05) is 12.0 Å². The van der Waals surface area contributed by atoms with Gasteiger partial charge in [-0.05, 0) is 36.0 Å². The number of hydrogen-bond donors (Lipinski definition) is 3. The van der Waals surface area contributed by atoms with Gasteiger partial charge < -0.3 is 15.4 Å². The summed E-state index contributed by atoms with van der Waals surface area (Å²) in [4.78, 5) is 2.35. The molecule has 1 heterocycles. The largest absolute Gasteiger partial charge is 0.488 e. The summed E-state index contributed by atoms with van der Waals surface area (Å²) in [5.74, 6) is 2.68. The first kappa shape index (κ1) is 15.1. The number of benzene rings is 1. The van der Waals surface area contributed by atoms with Gasteiger partial charge in [-0.15, -0.1) is 6.42 Å². The molecule has 1 aliphatic heterocycles. The second kappa shape index (κ2) is 6.42.